The highest BCUT2D eigenvalue weighted by Gasteiger charge is 2.34. The Kier molecular flexibility index (Phi) is 10.8. The number of halogens is 1. The number of benzene rings is 3. The Morgan fingerprint density at radius 1 is 0.979 bits per heavy atom. The van der Waals surface area contributed by atoms with Crippen LogP contribution in [0.5, 0.6) is 17.2 Å². The number of rotatable bonds is 12. The Labute approximate surface area is 280 Å². The smallest absolute Gasteiger partial charge is 0.343 e. The number of nitrogens with zero attached hydrogens (tertiary/aromatic N) is 2. The molecule has 0 N–H and O–H groups in total. The second-order valence-electron chi connectivity index (χ2n) is 10.3. The predicted molar refractivity (Wildman–Crippen MR) is 178 cm³/mol. The van der Waals surface area contributed by atoms with Crippen LogP contribution in [0.1, 0.15) is 43.5 Å². The van der Waals surface area contributed by atoms with Gasteiger partial charge in [-0.2, -0.15) is 0 Å². The minimum absolute atomic E-state index is 0.145. The summed E-state index contributed by atoms with van der Waals surface area (Å²) in [6, 6.07) is 19.0. The van der Waals surface area contributed by atoms with Crippen molar-refractivity contribution in [2.75, 3.05) is 26.9 Å². The third-order valence-electron chi connectivity index (χ3n) is 7.18. The van der Waals surface area contributed by atoms with Gasteiger partial charge in [0, 0.05) is 10.6 Å². The van der Waals surface area contributed by atoms with Gasteiger partial charge in [-0.1, -0.05) is 59.3 Å². The van der Waals surface area contributed by atoms with E-state index in [-0.39, 0.29) is 31.0 Å². The lowest BCUT2D eigenvalue weighted by atomic mass is 9.95. The molecule has 12 heteroatoms. The van der Waals surface area contributed by atoms with E-state index in [4.69, 9.17) is 30.5 Å². The lowest BCUT2D eigenvalue weighted by molar-refractivity contribution is -0.143. The lowest BCUT2D eigenvalue weighted by Gasteiger charge is -2.25. The van der Waals surface area contributed by atoms with Crippen LogP contribution < -0.4 is 29.1 Å². The summed E-state index contributed by atoms with van der Waals surface area (Å²) in [5.41, 5.74) is 2.50. The molecular weight excluding hydrogens is 644 g/mol. The van der Waals surface area contributed by atoms with Gasteiger partial charge < -0.3 is 23.7 Å². The van der Waals surface area contributed by atoms with Gasteiger partial charge in [-0.15, -0.1) is 0 Å². The number of ether oxygens (including phenoxy) is 5. The summed E-state index contributed by atoms with van der Waals surface area (Å²) in [7, 11) is 1.27. The van der Waals surface area contributed by atoms with Crippen LogP contribution >= 0.6 is 22.9 Å². The molecule has 0 spiro atoms. The summed E-state index contributed by atoms with van der Waals surface area (Å²) in [5, 5.41) is 0.619. The molecule has 5 rings (SSSR count). The van der Waals surface area contributed by atoms with Gasteiger partial charge in [-0.3, -0.25) is 9.36 Å². The van der Waals surface area contributed by atoms with Gasteiger partial charge in [0.15, 0.2) is 22.9 Å². The molecule has 0 radical (unpaired) electrons. The van der Waals surface area contributed by atoms with Crippen molar-refractivity contribution in [2.45, 2.75) is 33.4 Å². The zero-order valence-corrected chi connectivity index (χ0v) is 27.9. The van der Waals surface area contributed by atoms with E-state index in [1.165, 1.54) is 23.0 Å². The number of methoxy groups -OCH3 is 1. The molecule has 244 valence electrons. The lowest BCUT2D eigenvalue weighted by Crippen LogP contribution is -2.40. The first kappa shape index (κ1) is 33.5. The average Bonchev–Trinajstić information content (AvgIpc) is 3.36. The Morgan fingerprint density at radius 3 is 2.53 bits per heavy atom. The van der Waals surface area contributed by atoms with E-state index in [0.717, 1.165) is 11.1 Å². The summed E-state index contributed by atoms with van der Waals surface area (Å²) in [5.74, 6) is 0.124. The normalized spacial score (nSPS) is 14.2. The van der Waals surface area contributed by atoms with E-state index in [9.17, 15) is 14.4 Å². The zero-order valence-electron chi connectivity index (χ0n) is 26.3. The first-order valence-electron chi connectivity index (χ1n) is 14.9. The van der Waals surface area contributed by atoms with E-state index in [1.54, 1.807) is 38.1 Å². The van der Waals surface area contributed by atoms with Gasteiger partial charge in [0.2, 0.25) is 0 Å². The molecule has 3 aromatic carbocycles. The van der Waals surface area contributed by atoms with Crippen LogP contribution in [-0.4, -0.2) is 43.4 Å². The molecule has 0 saturated heterocycles. The van der Waals surface area contributed by atoms with E-state index in [0.29, 0.717) is 49.5 Å². The van der Waals surface area contributed by atoms with Gasteiger partial charge in [0.25, 0.3) is 5.56 Å². The first-order chi connectivity index (χ1) is 22.7. The molecule has 0 amide bonds. The van der Waals surface area contributed by atoms with E-state index >= 15 is 0 Å². The molecule has 0 unspecified atom stereocenters. The van der Waals surface area contributed by atoms with Crippen LogP contribution in [-0.2, 0) is 25.7 Å². The number of carbonyl (C=O) groups excluding carboxylic acids is 2. The van der Waals surface area contributed by atoms with Crippen LogP contribution in [0.15, 0.2) is 87.8 Å². The Hall–Kier alpha value is -4.87. The number of aromatic nitrogens is 1. The van der Waals surface area contributed by atoms with Crippen molar-refractivity contribution in [3.8, 4) is 17.2 Å². The summed E-state index contributed by atoms with van der Waals surface area (Å²) >= 11 is 7.49. The summed E-state index contributed by atoms with van der Waals surface area (Å²) < 4.78 is 29.4. The Balaban J connectivity index is 1.56. The Bertz CT molecular complexity index is 2020. The molecule has 1 aliphatic rings. The standard InChI is InChI=1S/C35H33ClN2O8S/c1-5-43-28-18-23(14-15-27(28)46-20-30(39)42-4)32-31(34(41)44-6-2)21(3)37-35-38(32)33(40)29(47-35)17-22-10-9-12-25(16-22)45-19-24-11-7-8-13-26(24)36/h7-18,32H,5-6,19-20H2,1-4H3/b29-17+/t32-/m1/s1. The van der Waals surface area contributed by atoms with Crippen LogP contribution in [0.2, 0.25) is 5.02 Å². The van der Waals surface area contributed by atoms with Crippen molar-refractivity contribution in [1.29, 1.82) is 0 Å². The highest BCUT2D eigenvalue weighted by Crippen LogP contribution is 2.36. The van der Waals surface area contributed by atoms with Crippen molar-refractivity contribution >= 4 is 41.0 Å². The van der Waals surface area contributed by atoms with Crippen LogP contribution in [0.3, 0.4) is 0 Å². The van der Waals surface area contributed by atoms with Crippen molar-refractivity contribution < 1.29 is 33.3 Å². The van der Waals surface area contributed by atoms with E-state index in [1.807, 2.05) is 55.5 Å². The van der Waals surface area contributed by atoms with Crippen molar-refractivity contribution in [3.05, 3.63) is 119 Å². The second-order valence-corrected chi connectivity index (χ2v) is 11.7. The van der Waals surface area contributed by atoms with Crippen LogP contribution in [0, 0.1) is 0 Å². The largest absolute Gasteiger partial charge is 0.490 e. The van der Waals surface area contributed by atoms with Crippen molar-refractivity contribution in [1.82, 2.24) is 4.57 Å². The Morgan fingerprint density at radius 2 is 1.79 bits per heavy atom. The summed E-state index contributed by atoms with van der Waals surface area (Å²) in [6.45, 7) is 5.67. The molecule has 1 aliphatic heterocycles. The molecular formula is C35H33ClN2O8S. The number of carbonyl (C=O) groups is 2. The van der Waals surface area contributed by atoms with Crippen LogP contribution in [0.25, 0.3) is 6.08 Å². The molecule has 0 fully saturated rings. The second kappa shape index (κ2) is 15.1. The molecule has 0 saturated carbocycles. The molecule has 47 heavy (non-hydrogen) atoms. The SMILES string of the molecule is CCOC(=O)C1=C(C)N=c2s/c(=C/c3cccc(OCc4ccccc4Cl)c3)c(=O)n2[C@@H]1c1ccc(OCC(=O)OC)c(OCC)c1. The van der Waals surface area contributed by atoms with Crippen molar-refractivity contribution in [2.24, 2.45) is 4.99 Å². The fourth-order valence-electron chi connectivity index (χ4n) is 5.01. The number of hydrogen-bond donors (Lipinski definition) is 0. The molecule has 2 heterocycles. The minimum Gasteiger partial charge on any atom is -0.490 e. The maximum absolute atomic E-state index is 14.1. The number of fused-ring (bicyclic) bond motifs is 1. The van der Waals surface area contributed by atoms with E-state index in [2.05, 4.69) is 9.73 Å². The predicted octanol–water partition coefficient (Wildman–Crippen LogP) is 4.98. The maximum atomic E-state index is 14.1. The molecule has 1 aromatic heterocycles. The highest BCUT2D eigenvalue weighted by atomic mass is 35.5. The first-order valence-corrected chi connectivity index (χ1v) is 16.1. The molecule has 1 atom stereocenters. The number of esters is 2. The summed E-state index contributed by atoms with van der Waals surface area (Å²) in [4.78, 5) is 44.2. The quantitative estimate of drug-likeness (QED) is 0.193. The van der Waals surface area contributed by atoms with Crippen molar-refractivity contribution in [3.63, 3.8) is 0 Å². The van der Waals surface area contributed by atoms with Crippen LogP contribution in [0.4, 0.5) is 0 Å². The maximum Gasteiger partial charge on any atom is 0.343 e. The third-order valence-corrected chi connectivity index (χ3v) is 8.53. The fourth-order valence-corrected chi connectivity index (χ4v) is 6.24. The summed E-state index contributed by atoms with van der Waals surface area (Å²) in [6.07, 6.45) is 1.77. The minimum atomic E-state index is -0.869. The monoisotopic (exact) mass is 676 g/mol. The fraction of sp³-hybridized carbons (Fsp3) is 0.257. The topological polar surface area (TPSA) is 115 Å². The molecule has 0 bridgehead atoms. The number of thiazole rings is 1. The van der Waals surface area contributed by atoms with Gasteiger partial charge in [-0.05, 0) is 68.3 Å². The average molecular weight is 677 g/mol. The molecule has 4 aromatic rings. The molecule has 0 aliphatic carbocycles. The number of allylic oxidation sites excluding steroid dienone is 1. The van der Waals surface area contributed by atoms with Gasteiger partial charge in [0.1, 0.15) is 12.4 Å². The highest BCUT2D eigenvalue weighted by molar-refractivity contribution is 7.07. The molecule has 10 nitrogen and oxygen atoms in total. The third kappa shape index (κ3) is 7.58. The zero-order chi connectivity index (χ0) is 33.5. The van der Waals surface area contributed by atoms with Gasteiger partial charge in [0.05, 0.1) is 42.2 Å². The van der Waals surface area contributed by atoms with Gasteiger partial charge in [-0.25, -0.2) is 14.6 Å². The van der Waals surface area contributed by atoms with E-state index < -0.39 is 18.0 Å². The van der Waals surface area contributed by atoms with Gasteiger partial charge >= 0.3 is 11.9 Å². The number of hydrogen-bond acceptors (Lipinski definition) is 10.